The average molecular weight is 761 g/mol. The molecule has 17 heteroatoms. The Kier molecular flexibility index (Phi) is 13000. The van der Waals surface area contributed by atoms with Gasteiger partial charge in [-0.05, 0) is 0 Å². The molecule has 0 aromatic heterocycles. The predicted molar refractivity (Wildman–Crippen MR) is 59.6 cm³/mol. The van der Waals surface area contributed by atoms with E-state index in [4.69, 9.17) is 142 Å². The van der Waals surface area contributed by atoms with Crippen LogP contribution >= 0.6 is 0 Å². The first kappa shape index (κ1) is 129. The zero-order valence-electron chi connectivity index (χ0n) is 14.2. The molecular weight excluding hydrogens is 761 g/mol. The van der Waals surface area contributed by atoms with Gasteiger partial charge in [-0.15, -0.1) is 0 Å². The van der Waals surface area contributed by atoms with Gasteiger partial charge in [0.05, 0.1) is 0 Å². The first-order chi connectivity index (χ1) is 14.0. The average Bonchev–Trinajstić information content (AvgIpc) is 2.95. The van der Waals surface area contributed by atoms with Crippen molar-refractivity contribution >= 4 is 0 Å². The summed E-state index contributed by atoms with van der Waals surface area (Å²) in [6.45, 7) is 57.0. The van der Waals surface area contributed by atoms with Gasteiger partial charge >= 0.3 is 95.7 Å². The molecule has 0 N–H and O–H groups in total. The SMILES string of the molecule is [C-]#N.[C-]#N.[C-]#N.[C-]#N.[C-]#N.[C-]#N.[C-]#N.[C-]#N.[C-]#N.[C-]#N.[C-]#N.[C-]#N.[Cd+2].[Fe]=[Cd].[Fe]=[Cd]. The van der Waals surface area contributed by atoms with Crippen molar-refractivity contribution in [1.82, 2.24) is 0 Å². The van der Waals surface area contributed by atoms with Crippen molar-refractivity contribution in [3.8, 4) is 0 Å². The Hall–Kier alpha value is -2.31. The van der Waals surface area contributed by atoms with Gasteiger partial charge in [-0.2, -0.15) is 0 Å². The molecule has 0 spiro atoms. The third-order valence-electron chi connectivity index (χ3n) is 0. The summed E-state index contributed by atoms with van der Waals surface area (Å²) in [6, 6.07) is 0. The molecule has 0 fully saturated rings. The minimum absolute atomic E-state index is 0. The Bertz CT molecular complexity index is 259. The van der Waals surface area contributed by atoms with Crippen LogP contribution in [0.5, 0.6) is 0 Å². The van der Waals surface area contributed by atoms with Crippen molar-refractivity contribution in [2.45, 2.75) is 0 Å². The Morgan fingerprint density at radius 1 is 0.241 bits per heavy atom. The molecule has 12 nitrogen and oxygen atoms in total. The topological polar surface area (TPSA) is 285 Å². The van der Waals surface area contributed by atoms with Crippen LogP contribution in [0.4, 0.5) is 0 Å². The first-order valence-corrected chi connectivity index (χ1v) is 16.5. The Morgan fingerprint density at radius 3 is 0.241 bits per heavy atom. The molecule has 0 aliphatic heterocycles. The molecule has 0 heterocycles. The number of nitrogens with zero attached hydrogens (tertiary/aromatic N) is 12. The summed E-state index contributed by atoms with van der Waals surface area (Å²) >= 11 is 8.64. The van der Waals surface area contributed by atoms with E-state index < -0.39 is 0 Å². The molecule has 0 radical (unpaired) electrons. The van der Waals surface area contributed by atoms with Crippen LogP contribution in [0.3, 0.4) is 0 Å². The quantitative estimate of drug-likeness (QED) is 0.248. The van der Waals surface area contributed by atoms with Gasteiger partial charge in [0.15, 0.2) is 0 Å². The maximum atomic E-state index is 6.25. The Morgan fingerprint density at radius 2 is 0.241 bits per heavy atom. The molecular formula is C12Cd3Fe2N12-10. The monoisotopic (exact) mass is 766 g/mol. The summed E-state index contributed by atoms with van der Waals surface area (Å²) < 4.78 is 0. The van der Waals surface area contributed by atoms with Gasteiger partial charge in [-0.25, -0.2) is 0 Å². The van der Waals surface area contributed by atoms with E-state index in [1.807, 2.05) is 0 Å². The van der Waals surface area contributed by atoms with Gasteiger partial charge in [-0.1, -0.05) is 0 Å². The molecule has 0 aromatic carbocycles. The van der Waals surface area contributed by atoms with Crippen molar-refractivity contribution in [2.24, 2.45) is 0 Å². The van der Waals surface area contributed by atoms with Gasteiger partial charge in [0.25, 0.3) is 0 Å². The second-order valence-corrected chi connectivity index (χ2v) is 0. The van der Waals surface area contributed by atoms with E-state index in [1.165, 1.54) is 0 Å². The van der Waals surface area contributed by atoms with E-state index in [-0.39, 0.29) is 27.3 Å². The molecule has 0 unspecified atom stereocenters. The second kappa shape index (κ2) is 2920. The van der Waals surface area contributed by atoms with E-state index >= 15 is 0 Å². The zero-order chi connectivity index (χ0) is 28.0. The second-order valence-electron chi connectivity index (χ2n) is 0. The molecule has 0 aliphatic carbocycles. The van der Waals surface area contributed by atoms with Crippen molar-refractivity contribution in [1.29, 1.82) is 63.1 Å². The fourth-order valence-electron chi connectivity index (χ4n) is 0. The predicted octanol–water partition coefficient (Wildman–Crippen LogP) is 1.14. The third kappa shape index (κ3) is 2690. The Labute approximate surface area is 234 Å². The summed E-state index contributed by atoms with van der Waals surface area (Å²) in [6.07, 6.45) is 0. The molecule has 0 amide bonds. The van der Waals surface area contributed by atoms with Crippen LogP contribution in [0.15, 0.2) is 0 Å². The van der Waals surface area contributed by atoms with Crippen LogP contribution in [-0.4, -0.2) is 0 Å². The molecule has 0 saturated carbocycles. The molecule has 140 valence electrons. The van der Waals surface area contributed by atoms with Crippen molar-refractivity contribution in [2.75, 3.05) is 0 Å². The van der Waals surface area contributed by atoms with Crippen LogP contribution in [0.2, 0.25) is 0 Å². The Balaban J connectivity index is -0.00000000558. The standard InChI is InChI=1S/12CN.3Cd.2Fe/c12*1-2;;;;;/q12*-1;;;+2;;. The van der Waals surface area contributed by atoms with E-state index in [2.05, 4.69) is 23.0 Å². The summed E-state index contributed by atoms with van der Waals surface area (Å²) in [4.78, 5) is 0. The number of rotatable bonds is 0. The van der Waals surface area contributed by atoms with Crippen LogP contribution < -0.4 is 0 Å². The first-order valence-electron chi connectivity index (χ1n) is 3.18. The minimum atomic E-state index is 0. The van der Waals surface area contributed by atoms with Gasteiger partial charge in [0, 0.05) is 0 Å². The fourth-order valence-corrected chi connectivity index (χ4v) is 0. The summed E-state index contributed by atoms with van der Waals surface area (Å²) in [7, 11) is 0. The summed E-state index contributed by atoms with van der Waals surface area (Å²) in [5.41, 5.74) is 0. The van der Waals surface area contributed by atoms with Gasteiger partial charge < -0.3 is 142 Å². The number of hydrogen-bond donors (Lipinski definition) is 0. The van der Waals surface area contributed by atoms with Crippen LogP contribution in [0.1, 0.15) is 0 Å². The normalized spacial score (nSPS) is 1.31. The molecule has 0 atom stereocenters. The molecule has 0 aromatic rings. The van der Waals surface area contributed by atoms with Gasteiger partial charge in [-0.3, -0.25) is 0 Å². The molecule has 0 rings (SSSR count). The maximum absolute atomic E-state index is 6.25. The van der Waals surface area contributed by atoms with E-state index in [0.29, 0.717) is 0 Å². The van der Waals surface area contributed by atoms with Crippen molar-refractivity contribution in [3.63, 3.8) is 0 Å². The van der Waals surface area contributed by atoms with E-state index in [0.717, 1.165) is 45.4 Å². The summed E-state index contributed by atoms with van der Waals surface area (Å²) in [5, 5.41) is 75.0. The van der Waals surface area contributed by atoms with Gasteiger partial charge in [0.2, 0.25) is 0 Å². The van der Waals surface area contributed by atoms with Crippen molar-refractivity contribution < 1.29 is 95.7 Å². The van der Waals surface area contributed by atoms with Crippen LogP contribution in [0.25, 0.3) is 0 Å². The molecule has 29 heavy (non-hydrogen) atoms. The summed E-state index contributed by atoms with van der Waals surface area (Å²) in [5.74, 6) is 0. The van der Waals surface area contributed by atoms with Gasteiger partial charge in [0.1, 0.15) is 0 Å². The zero-order valence-corrected chi connectivity index (χ0v) is 28.5. The van der Waals surface area contributed by atoms with E-state index in [9.17, 15) is 0 Å². The number of hydrogen-bond acceptors (Lipinski definition) is 12. The fraction of sp³-hybridized carbons (Fsp3) is 0. The van der Waals surface area contributed by atoms with E-state index in [1.54, 1.807) is 0 Å². The van der Waals surface area contributed by atoms with Crippen molar-refractivity contribution in [3.05, 3.63) is 78.9 Å². The third-order valence-corrected chi connectivity index (χ3v) is 0. The molecule has 0 saturated heterocycles. The molecule has 0 bridgehead atoms. The molecule has 0 aliphatic rings. The van der Waals surface area contributed by atoms with Crippen LogP contribution in [-0.2, 0) is 95.7 Å². The van der Waals surface area contributed by atoms with Crippen LogP contribution in [0, 0.1) is 142 Å².